The highest BCUT2D eigenvalue weighted by Crippen LogP contribution is 2.19. The summed E-state index contributed by atoms with van der Waals surface area (Å²) < 4.78 is 5.27. The molecule has 19 heavy (non-hydrogen) atoms. The average Bonchev–Trinajstić information content (AvgIpc) is 2.46. The van der Waals surface area contributed by atoms with E-state index in [2.05, 4.69) is 16.4 Å². The fraction of sp³-hybridized carbons (Fsp3) is 0.333. The third-order valence-electron chi connectivity index (χ3n) is 2.81. The molecule has 0 aliphatic heterocycles. The number of para-hydroxylation sites is 1. The van der Waals surface area contributed by atoms with Gasteiger partial charge in [-0.2, -0.15) is 5.26 Å². The van der Waals surface area contributed by atoms with Gasteiger partial charge in [0.15, 0.2) is 0 Å². The van der Waals surface area contributed by atoms with Crippen LogP contribution >= 0.6 is 0 Å². The molecule has 0 radical (unpaired) electrons. The predicted octanol–water partition coefficient (Wildman–Crippen LogP) is 2.94. The standard InChI is InChI=1S/C15H17N3O/c1-2-19-9-5-8-17-15-10-12(11-16)13-6-3-4-7-14(13)18-15/h3-4,6-7,10H,2,5,8-9H2,1H3,(H,17,18). The summed E-state index contributed by atoms with van der Waals surface area (Å²) in [6.45, 7) is 4.25. The number of aromatic nitrogens is 1. The van der Waals surface area contributed by atoms with Gasteiger partial charge in [0.2, 0.25) is 0 Å². The lowest BCUT2D eigenvalue weighted by Crippen LogP contribution is -2.07. The first kappa shape index (κ1) is 13.3. The van der Waals surface area contributed by atoms with Crippen molar-refractivity contribution in [2.24, 2.45) is 0 Å². The molecule has 0 bridgehead atoms. The second kappa shape index (κ2) is 6.72. The van der Waals surface area contributed by atoms with Crippen molar-refractivity contribution in [1.82, 2.24) is 4.98 Å². The van der Waals surface area contributed by atoms with E-state index >= 15 is 0 Å². The molecule has 2 rings (SSSR count). The Kier molecular flexibility index (Phi) is 4.71. The number of fused-ring (bicyclic) bond motifs is 1. The highest BCUT2D eigenvalue weighted by molar-refractivity contribution is 5.86. The summed E-state index contributed by atoms with van der Waals surface area (Å²) >= 11 is 0. The first-order valence-electron chi connectivity index (χ1n) is 6.46. The number of rotatable bonds is 6. The fourth-order valence-electron chi connectivity index (χ4n) is 1.89. The summed E-state index contributed by atoms with van der Waals surface area (Å²) in [5.74, 6) is 0.742. The van der Waals surface area contributed by atoms with Crippen LogP contribution in [0.5, 0.6) is 0 Å². The van der Waals surface area contributed by atoms with Crippen LogP contribution in [0.15, 0.2) is 30.3 Å². The molecular weight excluding hydrogens is 238 g/mol. The van der Waals surface area contributed by atoms with Gasteiger partial charge in [-0.3, -0.25) is 0 Å². The first-order chi connectivity index (χ1) is 9.35. The lowest BCUT2D eigenvalue weighted by molar-refractivity contribution is 0.147. The molecule has 0 aliphatic carbocycles. The van der Waals surface area contributed by atoms with Gasteiger partial charge in [0.1, 0.15) is 5.82 Å². The van der Waals surface area contributed by atoms with E-state index in [4.69, 9.17) is 4.74 Å². The number of benzene rings is 1. The molecule has 0 saturated carbocycles. The summed E-state index contributed by atoms with van der Waals surface area (Å²) in [4.78, 5) is 4.50. The number of hydrogen-bond donors (Lipinski definition) is 1. The smallest absolute Gasteiger partial charge is 0.127 e. The normalized spacial score (nSPS) is 10.3. The molecule has 1 aromatic heterocycles. The quantitative estimate of drug-likeness (QED) is 0.806. The third kappa shape index (κ3) is 3.43. The van der Waals surface area contributed by atoms with Gasteiger partial charge in [-0.25, -0.2) is 4.98 Å². The lowest BCUT2D eigenvalue weighted by Gasteiger charge is -2.08. The SMILES string of the molecule is CCOCCCNc1cc(C#N)c2ccccc2n1. The van der Waals surface area contributed by atoms with E-state index in [0.29, 0.717) is 5.56 Å². The van der Waals surface area contributed by atoms with Gasteiger partial charge in [0.25, 0.3) is 0 Å². The van der Waals surface area contributed by atoms with Crippen LogP contribution in [0, 0.1) is 11.3 Å². The minimum atomic E-state index is 0.651. The summed E-state index contributed by atoms with van der Waals surface area (Å²) in [6.07, 6.45) is 0.921. The minimum absolute atomic E-state index is 0.651. The van der Waals surface area contributed by atoms with Crippen molar-refractivity contribution < 1.29 is 4.74 Å². The predicted molar refractivity (Wildman–Crippen MR) is 76.1 cm³/mol. The Morgan fingerprint density at radius 2 is 2.21 bits per heavy atom. The summed E-state index contributed by atoms with van der Waals surface area (Å²) in [5, 5.41) is 13.3. The Morgan fingerprint density at radius 3 is 3.00 bits per heavy atom. The van der Waals surface area contributed by atoms with Crippen LogP contribution in [0.25, 0.3) is 10.9 Å². The van der Waals surface area contributed by atoms with Crippen LogP contribution in [0.4, 0.5) is 5.82 Å². The highest BCUT2D eigenvalue weighted by Gasteiger charge is 2.04. The van der Waals surface area contributed by atoms with E-state index in [-0.39, 0.29) is 0 Å². The molecule has 0 unspecified atom stereocenters. The average molecular weight is 255 g/mol. The van der Waals surface area contributed by atoms with Crippen molar-refractivity contribution in [2.45, 2.75) is 13.3 Å². The largest absolute Gasteiger partial charge is 0.382 e. The van der Waals surface area contributed by atoms with Crippen molar-refractivity contribution in [3.05, 3.63) is 35.9 Å². The molecule has 4 heteroatoms. The van der Waals surface area contributed by atoms with Gasteiger partial charge in [-0.15, -0.1) is 0 Å². The molecule has 98 valence electrons. The van der Waals surface area contributed by atoms with Crippen LogP contribution in [-0.2, 0) is 4.74 Å². The van der Waals surface area contributed by atoms with Gasteiger partial charge in [0.05, 0.1) is 17.1 Å². The van der Waals surface area contributed by atoms with Crippen molar-refractivity contribution in [3.8, 4) is 6.07 Å². The molecule has 0 saturated heterocycles. The maximum Gasteiger partial charge on any atom is 0.127 e. The topological polar surface area (TPSA) is 57.9 Å². The zero-order valence-electron chi connectivity index (χ0n) is 11.0. The van der Waals surface area contributed by atoms with Gasteiger partial charge in [-0.1, -0.05) is 18.2 Å². The Hall–Kier alpha value is -2.12. The van der Waals surface area contributed by atoms with Crippen molar-refractivity contribution in [2.75, 3.05) is 25.1 Å². The maximum absolute atomic E-state index is 9.18. The molecular formula is C15H17N3O. The number of hydrogen-bond acceptors (Lipinski definition) is 4. The second-order valence-corrected chi connectivity index (χ2v) is 4.16. The monoisotopic (exact) mass is 255 g/mol. The van der Waals surface area contributed by atoms with E-state index in [1.165, 1.54) is 0 Å². The molecule has 0 amide bonds. The van der Waals surface area contributed by atoms with Gasteiger partial charge in [0, 0.05) is 25.1 Å². The Labute approximate surface area is 113 Å². The van der Waals surface area contributed by atoms with E-state index in [1.54, 1.807) is 6.07 Å². The number of nitriles is 1. The number of pyridine rings is 1. The molecule has 1 N–H and O–H groups in total. The molecule has 2 aromatic rings. The summed E-state index contributed by atoms with van der Waals surface area (Å²) in [5.41, 5.74) is 1.49. The fourth-order valence-corrected chi connectivity index (χ4v) is 1.89. The highest BCUT2D eigenvalue weighted by atomic mass is 16.5. The molecule has 0 fully saturated rings. The Balaban J connectivity index is 2.10. The van der Waals surface area contributed by atoms with Crippen LogP contribution < -0.4 is 5.32 Å². The number of anilines is 1. The zero-order valence-corrected chi connectivity index (χ0v) is 11.0. The molecule has 0 spiro atoms. The van der Waals surface area contributed by atoms with E-state index in [1.807, 2.05) is 31.2 Å². The number of ether oxygens (including phenoxy) is 1. The molecule has 0 aliphatic rings. The minimum Gasteiger partial charge on any atom is -0.382 e. The lowest BCUT2D eigenvalue weighted by atomic mass is 10.1. The van der Waals surface area contributed by atoms with E-state index in [9.17, 15) is 5.26 Å². The van der Waals surface area contributed by atoms with Crippen LogP contribution in [0.3, 0.4) is 0 Å². The molecule has 4 nitrogen and oxygen atoms in total. The van der Waals surface area contributed by atoms with Gasteiger partial charge in [-0.05, 0) is 25.5 Å². The van der Waals surface area contributed by atoms with Crippen LogP contribution in [0.1, 0.15) is 18.9 Å². The molecule has 1 aromatic carbocycles. The number of nitrogens with zero attached hydrogens (tertiary/aromatic N) is 2. The van der Waals surface area contributed by atoms with E-state index in [0.717, 1.165) is 42.9 Å². The third-order valence-corrected chi connectivity index (χ3v) is 2.81. The first-order valence-corrected chi connectivity index (χ1v) is 6.46. The summed E-state index contributed by atoms with van der Waals surface area (Å²) in [7, 11) is 0. The Morgan fingerprint density at radius 1 is 1.37 bits per heavy atom. The van der Waals surface area contributed by atoms with Crippen molar-refractivity contribution in [3.63, 3.8) is 0 Å². The van der Waals surface area contributed by atoms with Gasteiger partial charge < -0.3 is 10.1 Å². The van der Waals surface area contributed by atoms with Crippen LogP contribution in [-0.4, -0.2) is 24.7 Å². The Bertz CT molecular complexity index is 589. The second-order valence-electron chi connectivity index (χ2n) is 4.16. The zero-order chi connectivity index (χ0) is 13.5. The van der Waals surface area contributed by atoms with Crippen molar-refractivity contribution >= 4 is 16.7 Å². The molecule has 0 atom stereocenters. The maximum atomic E-state index is 9.18. The van der Waals surface area contributed by atoms with Gasteiger partial charge >= 0.3 is 0 Å². The van der Waals surface area contributed by atoms with Crippen molar-refractivity contribution in [1.29, 1.82) is 5.26 Å². The van der Waals surface area contributed by atoms with Crippen LogP contribution in [0.2, 0.25) is 0 Å². The van der Waals surface area contributed by atoms with E-state index < -0.39 is 0 Å². The molecule has 1 heterocycles. The summed E-state index contributed by atoms with van der Waals surface area (Å²) in [6, 6.07) is 11.7. The number of nitrogens with one attached hydrogen (secondary N) is 1.